The number of morpholine rings is 1. The van der Waals surface area contributed by atoms with Gasteiger partial charge in [0.05, 0.1) is 43.3 Å². The number of fused-ring (bicyclic) bond motifs is 8. The van der Waals surface area contributed by atoms with Gasteiger partial charge in [0.1, 0.15) is 40.9 Å². The summed E-state index contributed by atoms with van der Waals surface area (Å²) in [5.41, 5.74) is -1.19. The van der Waals surface area contributed by atoms with E-state index in [-0.39, 0.29) is 103 Å². The number of pyridine rings is 1. The van der Waals surface area contributed by atoms with Crippen molar-refractivity contribution in [1.82, 2.24) is 30.1 Å². The van der Waals surface area contributed by atoms with Gasteiger partial charge in [-0.2, -0.15) is 9.97 Å². The Labute approximate surface area is 332 Å². The van der Waals surface area contributed by atoms with Crippen LogP contribution in [-0.4, -0.2) is 120 Å². The van der Waals surface area contributed by atoms with Crippen molar-refractivity contribution in [3.05, 3.63) is 47.7 Å². The Morgan fingerprint density at radius 1 is 1.07 bits per heavy atom. The molecule has 0 saturated carbocycles. The predicted molar refractivity (Wildman–Crippen MR) is 204 cm³/mol. The van der Waals surface area contributed by atoms with E-state index in [0.29, 0.717) is 43.5 Å². The Bertz CT molecular complexity index is 2260. The fourth-order valence-electron chi connectivity index (χ4n) is 9.42. The van der Waals surface area contributed by atoms with E-state index in [2.05, 4.69) is 15.3 Å². The second-order valence-corrected chi connectivity index (χ2v) is 16.4. The number of nitrogens with one attached hydrogen (secondary N) is 1. The summed E-state index contributed by atoms with van der Waals surface area (Å²) in [5.74, 6) is -1.41. The van der Waals surface area contributed by atoms with Crippen LogP contribution in [0.4, 0.5) is 33.0 Å². The van der Waals surface area contributed by atoms with Gasteiger partial charge in [-0.1, -0.05) is 6.07 Å². The van der Waals surface area contributed by atoms with E-state index in [1.54, 1.807) is 22.8 Å². The molecular formula is C41H45F4N7O6. The molecule has 13 nitrogen and oxygen atoms in total. The molecule has 4 fully saturated rings. The van der Waals surface area contributed by atoms with E-state index in [1.807, 2.05) is 11.8 Å². The van der Waals surface area contributed by atoms with Gasteiger partial charge >= 0.3 is 18.2 Å². The maximum absolute atomic E-state index is 17.6. The minimum Gasteiger partial charge on any atom is -0.450 e. The molecule has 58 heavy (non-hydrogen) atoms. The average Bonchev–Trinajstić information content (AvgIpc) is 3.17. The number of rotatable bonds is 3. The summed E-state index contributed by atoms with van der Waals surface area (Å²) in [6.45, 7) is 5.18. The van der Waals surface area contributed by atoms with E-state index in [0.717, 1.165) is 12.8 Å². The van der Waals surface area contributed by atoms with Gasteiger partial charge in [0.15, 0.2) is 12.0 Å². The van der Waals surface area contributed by atoms with Gasteiger partial charge in [-0.3, -0.25) is 9.88 Å². The molecule has 6 aliphatic heterocycles. The molecule has 2 aromatic carbocycles. The van der Waals surface area contributed by atoms with Crippen LogP contribution in [0.5, 0.6) is 11.8 Å². The Hall–Kier alpha value is -5.03. The predicted octanol–water partition coefficient (Wildman–Crippen LogP) is 6.48. The molecule has 2 amide bonds. The molecule has 0 radical (unpaired) electrons. The van der Waals surface area contributed by atoms with Gasteiger partial charge in [-0.15, -0.1) is 0 Å². The van der Waals surface area contributed by atoms with Crippen LogP contribution in [0.2, 0.25) is 0 Å². The van der Waals surface area contributed by atoms with Gasteiger partial charge in [-0.25, -0.2) is 27.2 Å². The summed E-state index contributed by atoms with van der Waals surface area (Å²) in [6, 6.07) is 5.40. The van der Waals surface area contributed by atoms with Crippen LogP contribution in [0.15, 0.2) is 30.5 Å². The topological polar surface area (TPSA) is 131 Å². The van der Waals surface area contributed by atoms with Crippen LogP contribution in [-0.2, 0) is 15.9 Å². The molecule has 8 heterocycles. The molecule has 8 bridgehead atoms. The fraction of sp³-hybridized carbons (Fsp3) is 0.537. The monoisotopic (exact) mass is 807 g/mol. The van der Waals surface area contributed by atoms with E-state index < -0.39 is 47.9 Å². The summed E-state index contributed by atoms with van der Waals surface area (Å²) < 4.78 is 87.3. The fourth-order valence-corrected chi connectivity index (χ4v) is 9.42. The first kappa shape index (κ1) is 38.5. The maximum Gasteiger partial charge on any atom is 0.415 e. The number of alkyl halides is 2. The number of ether oxygens (including phenoxy) is 4. The number of aryl methyl sites for hydroxylation is 1. The van der Waals surface area contributed by atoms with E-state index in [1.165, 1.54) is 24.4 Å². The van der Waals surface area contributed by atoms with Crippen molar-refractivity contribution in [1.29, 1.82) is 0 Å². The van der Waals surface area contributed by atoms with Crippen molar-refractivity contribution in [2.75, 3.05) is 57.4 Å². The van der Waals surface area contributed by atoms with E-state index in [9.17, 15) is 14.0 Å². The molecular weight excluding hydrogens is 762 g/mol. The maximum atomic E-state index is 17.6. The second kappa shape index (κ2) is 15.3. The molecule has 1 unspecified atom stereocenters. The van der Waals surface area contributed by atoms with Gasteiger partial charge in [0, 0.05) is 50.3 Å². The molecule has 2 aromatic heterocycles. The highest BCUT2D eigenvalue weighted by Crippen LogP contribution is 2.42. The number of piperidine rings is 3. The molecule has 308 valence electrons. The summed E-state index contributed by atoms with van der Waals surface area (Å²) in [4.78, 5) is 45.6. The molecule has 7 atom stereocenters. The first-order chi connectivity index (χ1) is 27.9. The summed E-state index contributed by atoms with van der Waals surface area (Å²) in [6.07, 6.45) is -0.826. The van der Waals surface area contributed by atoms with E-state index in [4.69, 9.17) is 23.9 Å². The molecule has 0 spiro atoms. The lowest BCUT2D eigenvalue weighted by molar-refractivity contribution is -0.0989. The Balaban J connectivity index is 1.23. The Morgan fingerprint density at radius 2 is 1.93 bits per heavy atom. The number of anilines is 1. The third-order valence-electron chi connectivity index (χ3n) is 12.0. The normalized spacial score (nSPS) is 28.9. The van der Waals surface area contributed by atoms with Crippen molar-refractivity contribution in [3.63, 3.8) is 0 Å². The number of nitrogens with zero attached hydrogens (tertiary/aromatic N) is 6. The number of carbonyl (C=O) groups excluding carboxylic acids is 2. The highest BCUT2D eigenvalue weighted by atomic mass is 19.1. The second-order valence-electron chi connectivity index (χ2n) is 16.4. The van der Waals surface area contributed by atoms with Crippen molar-refractivity contribution in [2.24, 2.45) is 5.92 Å². The van der Waals surface area contributed by atoms with Crippen LogP contribution in [0.3, 0.4) is 0 Å². The number of hydrogen-bond acceptors (Lipinski definition) is 11. The Kier molecular flexibility index (Phi) is 10.1. The third kappa shape index (κ3) is 7.31. The summed E-state index contributed by atoms with van der Waals surface area (Å²) in [7, 11) is 0. The van der Waals surface area contributed by atoms with Crippen molar-refractivity contribution >= 4 is 39.7 Å². The number of benzene rings is 2. The lowest BCUT2D eigenvalue weighted by Gasteiger charge is -2.45. The highest BCUT2D eigenvalue weighted by Gasteiger charge is 2.43. The van der Waals surface area contributed by atoms with Crippen LogP contribution in [0.25, 0.3) is 32.9 Å². The van der Waals surface area contributed by atoms with Crippen LogP contribution in [0, 0.1) is 17.6 Å². The smallest absolute Gasteiger partial charge is 0.415 e. The third-order valence-corrected chi connectivity index (χ3v) is 12.0. The van der Waals surface area contributed by atoms with Crippen molar-refractivity contribution < 1.29 is 46.1 Å². The largest absolute Gasteiger partial charge is 0.450 e. The molecule has 17 heteroatoms. The standard InChI is InChI=1S/C41H45F4N7O6/c1-22-20-55-12-10-52(22)40(54)57-27-14-23-7-8-31(44)28-6-4-11-56-39(53)49-41(2)16-26(43)19-51(21-41)36-30-17-46-34(29(15-27)32(23)28)33(45)35(30)47-38(48-36)58-37-24-5-3-9-50(37)18-25(42)13-24/h7-8,14-15,17,22,24-26,37H,3-6,9-13,16,18-21H2,1-2H3,(H,49,53)/t22-,24+,25+,26+,37-,41+/m0/s1. The minimum absolute atomic E-state index is 0.0231. The number of carbonyl (C=O) groups is 2. The Morgan fingerprint density at radius 3 is 2.76 bits per heavy atom. The first-order valence-corrected chi connectivity index (χ1v) is 20.0. The van der Waals surface area contributed by atoms with Crippen molar-refractivity contribution in [2.45, 2.75) is 82.5 Å². The molecule has 1 N–H and O–H groups in total. The van der Waals surface area contributed by atoms with E-state index >= 15 is 13.2 Å². The first-order valence-electron chi connectivity index (χ1n) is 20.0. The molecule has 6 aliphatic rings. The number of halogens is 4. The SMILES string of the molecule is C[C@H]1COCCN1C(=O)Oc1cc2c3c(c(F)ccc3c1)CCCOC(=O)N[C@]1(C)C[C@@H](F)CN(C1)c1nc(O[C@H]3[C@@H]4CCCN3C[C@H](F)C4)nc3c(F)c-2ncc13. The zero-order chi connectivity index (χ0) is 40.3. The van der Waals surface area contributed by atoms with Gasteiger partial charge in [-0.05, 0) is 80.5 Å². The van der Waals surface area contributed by atoms with Crippen molar-refractivity contribution in [3.8, 4) is 23.0 Å². The van der Waals surface area contributed by atoms with Gasteiger partial charge in [0.2, 0.25) is 0 Å². The molecule has 4 aromatic rings. The number of hydrogen-bond donors (Lipinski definition) is 1. The lowest BCUT2D eigenvalue weighted by Crippen LogP contribution is -2.60. The average molecular weight is 808 g/mol. The van der Waals surface area contributed by atoms with Crippen LogP contribution in [0.1, 0.15) is 51.5 Å². The van der Waals surface area contributed by atoms with Crippen LogP contribution >= 0.6 is 0 Å². The molecule has 10 rings (SSSR count). The highest BCUT2D eigenvalue weighted by molar-refractivity contribution is 6.02. The lowest BCUT2D eigenvalue weighted by atomic mass is 9.86. The van der Waals surface area contributed by atoms with Crippen LogP contribution < -0.4 is 19.7 Å². The summed E-state index contributed by atoms with van der Waals surface area (Å²) in [5, 5.41) is 3.73. The number of aromatic nitrogens is 3. The molecule has 4 saturated heterocycles. The zero-order valence-corrected chi connectivity index (χ0v) is 32.3. The number of amides is 2. The molecule has 0 aliphatic carbocycles. The number of alkyl carbamates (subject to hydrolysis) is 1. The zero-order valence-electron chi connectivity index (χ0n) is 32.3. The minimum atomic E-state index is -1.42. The van der Waals surface area contributed by atoms with Gasteiger partial charge in [0.25, 0.3) is 0 Å². The summed E-state index contributed by atoms with van der Waals surface area (Å²) >= 11 is 0. The quantitative estimate of drug-likeness (QED) is 0.228. The van der Waals surface area contributed by atoms with Gasteiger partial charge < -0.3 is 34.1 Å².